The minimum Gasteiger partial charge on any atom is -0.502 e. The van der Waals surface area contributed by atoms with Gasteiger partial charge >= 0.3 is 0 Å². The van der Waals surface area contributed by atoms with E-state index in [-0.39, 0.29) is 30.4 Å². The fourth-order valence-corrected chi connectivity index (χ4v) is 3.88. The van der Waals surface area contributed by atoms with Crippen LogP contribution in [0.4, 0.5) is 0 Å². The number of rotatable bonds is 5. The summed E-state index contributed by atoms with van der Waals surface area (Å²) in [6.45, 7) is 1.89. The lowest BCUT2D eigenvalue weighted by molar-refractivity contribution is -0.123. The molecule has 1 aliphatic carbocycles. The Labute approximate surface area is 158 Å². The standard InChI is InChI=1S/C17H21BrN4O4/c1-10-7-11(23)14(25)15(26-10)17(5-3-2-4-6-17)8-13(24)19-9-12-20-16(18)22-21-12/h7,25H,2-6,8-9H2,1H3,(H,19,24)(H,20,21,22). The van der Waals surface area contributed by atoms with Crippen LogP contribution in [0.3, 0.4) is 0 Å². The van der Waals surface area contributed by atoms with Crippen molar-refractivity contribution in [3.05, 3.63) is 38.4 Å². The summed E-state index contributed by atoms with van der Waals surface area (Å²) < 4.78 is 6.16. The van der Waals surface area contributed by atoms with Gasteiger partial charge in [0.15, 0.2) is 5.76 Å². The van der Waals surface area contributed by atoms with Crippen molar-refractivity contribution in [1.29, 1.82) is 0 Å². The van der Waals surface area contributed by atoms with Crippen molar-refractivity contribution in [2.75, 3.05) is 0 Å². The van der Waals surface area contributed by atoms with E-state index in [1.54, 1.807) is 6.92 Å². The minimum atomic E-state index is -0.667. The molecule has 2 aromatic rings. The number of halogens is 1. The van der Waals surface area contributed by atoms with E-state index >= 15 is 0 Å². The Morgan fingerprint density at radius 2 is 2.15 bits per heavy atom. The van der Waals surface area contributed by atoms with Gasteiger partial charge in [0.05, 0.1) is 6.54 Å². The highest BCUT2D eigenvalue weighted by molar-refractivity contribution is 9.10. The predicted molar refractivity (Wildman–Crippen MR) is 96.7 cm³/mol. The van der Waals surface area contributed by atoms with E-state index in [2.05, 4.69) is 36.4 Å². The number of aromatic hydroxyl groups is 1. The molecule has 0 aromatic carbocycles. The maximum atomic E-state index is 12.6. The third kappa shape index (κ3) is 3.98. The van der Waals surface area contributed by atoms with Crippen LogP contribution in [-0.2, 0) is 16.8 Å². The molecule has 0 spiro atoms. The van der Waals surface area contributed by atoms with Crippen LogP contribution in [0.15, 0.2) is 20.0 Å². The van der Waals surface area contributed by atoms with Gasteiger partial charge in [0, 0.05) is 17.9 Å². The third-order valence-electron chi connectivity index (χ3n) is 4.79. The summed E-state index contributed by atoms with van der Waals surface area (Å²) in [7, 11) is 0. The first-order chi connectivity index (χ1) is 12.4. The fourth-order valence-electron chi connectivity index (χ4n) is 3.58. The molecule has 2 aromatic heterocycles. The summed E-state index contributed by atoms with van der Waals surface area (Å²) >= 11 is 3.14. The van der Waals surface area contributed by atoms with Crippen LogP contribution in [0, 0.1) is 6.92 Å². The van der Waals surface area contributed by atoms with Gasteiger partial charge in [-0.1, -0.05) is 19.3 Å². The number of hydrogen-bond donors (Lipinski definition) is 3. The highest BCUT2D eigenvalue weighted by Gasteiger charge is 2.41. The molecular formula is C17H21BrN4O4. The molecule has 0 saturated heterocycles. The van der Waals surface area contributed by atoms with Crippen LogP contribution < -0.4 is 10.7 Å². The number of nitrogens with zero attached hydrogens (tertiary/aromatic N) is 2. The van der Waals surface area contributed by atoms with Crippen LogP contribution in [-0.4, -0.2) is 26.2 Å². The summed E-state index contributed by atoms with van der Waals surface area (Å²) in [5.74, 6) is 0.625. The number of H-pyrrole nitrogens is 1. The van der Waals surface area contributed by atoms with E-state index in [0.29, 0.717) is 29.2 Å². The molecule has 0 aliphatic heterocycles. The molecule has 1 saturated carbocycles. The van der Waals surface area contributed by atoms with E-state index in [1.165, 1.54) is 6.07 Å². The molecule has 26 heavy (non-hydrogen) atoms. The Hall–Kier alpha value is -2.16. The van der Waals surface area contributed by atoms with Crippen LogP contribution >= 0.6 is 15.9 Å². The smallest absolute Gasteiger partial charge is 0.227 e. The zero-order valence-electron chi connectivity index (χ0n) is 14.5. The number of carbonyl (C=O) groups is 1. The Balaban J connectivity index is 1.81. The number of hydrogen-bond acceptors (Lipinski definition) is 6. The number of carbonyl (C=O) groups excluding carboxylic acids is 1. The van der Waals surface area contributed by atoms with E-state index in [4.69, 9.17) is 4.42 Å². The number of aromatic amines is 1. The average Bonchev–Trinajstić information content (AvgIpc) is 3.02. The van der Waals surface area contributed by atoms with Crippen molar-refractivity contribution < 1.29 is 14.3 Å². The molecule has 2 heterocycles. The van der Waals surface area contributed by atoms with Crippen molar-refractivity contribution in [3.63, 3.8) is 0 Å². The van der Waals surface area contributed by atoms with Gasteiger partial charge in [0.2, 0.25) is 21.8 Å². The summed E-state index contributed by atoms with van der Waals surface area (Å²) in [4.78, 5) is 28.7. The molecule has 9 heteroatoms. The van der Waals surface area contributed by atoms with Gasteiger partial charge < -0.3 is 14.8 Å². The lowest BCUT2D eigenvalue weighted by atomic mass is 9.69. The predicted octanol–water partition coefficient (Wildman–Crippen LogP) is 2.44. The first kappa shape index (κ1) is 18.6. The van der Waals surface area contributed by atoms with Crippen molar-refractivity contribution in [2.45, 2.75) is 57.4 Å². The van der Waals surface area contributed by atoms with E-state index in [0.717, 1.165) is 19.3 Å². The van der Waals surface area contributed by atoms with Crippen LogP contribution in [0.2, 0.25) is 0 Å². The van der Waals surface area contributed by atoms with Crippen molar-refractivity contribution >= 4 is 21.8 Å². The maximum absolute atomic E-state index is 12.6. The molecule has 1 aliphatic rings. The molecule has 0 bridgehead atoms. The van der Waals surface area contributed by atoms with Gasteiger partial charge in [0.1, 0.15) is 11.6 Å². The second kappa shape index (κ2) is 7.61. The molecule has 1 fully saturated rings. The SMILES string of the molecule is Cc1cc(=O)c(O)c(C2(CC(=O)NCc3nc(Br)n[nH]3)CCCCC2)o1. The van der Waals surface area contributed by atoms with Gasteiger partial charge in [-0.25, -0.2) is 4.98 Å². The number of amides is 1. The number of aromatic nitrogens is 3. The largest absolute Gasteiger partial charge is 0.502 e. The Bertz CT molecular complexity index is 855. The summed E-state index contributed by atoms with van der Waals surface area (Å²) in [6.07, 6.45) is 4.41. The molecule has 140 valence electrons. The minimum absolute atomic E-state index is 0.141. The second-order valence-corrected chi connectivity index (χ2v) is 7.45. The lowest BCUT2D eigenvalue weighted by Gasteiger charge is -2.36. The first-order valence-electron chi connectivity index (χ1n) is 8.57. The van der Waals surface area contributed by atoms with E-state index in [9.17, 15) is 14.7 Å². The normalized spacial score (nSPS) is 16.4. The average molecular weight is 425 g/mol. The Morgan fingerprint density at radius 1 is 1.42 bits per heavy atom. The highest BCUT2D eigenvalue weighted by atomic mass is 79.9. The first-order valence-corrected chi connectivity index (χ1v) is 9.37. The molecule has 3 rings (SSSR count). The summed E-state index contributed by atoms with van der Waals surface area (Å²) in [5.41, 5.74) is -1.14. The molecule has 8 nitrogen and oxygen atoms in total. The van der Waals surface area contributed by atoms with Crippen LogP contribution in [0.1, 0.15) is 55.9 Å². The van der Waals surface area contributed by atoms with Gasteiger partial charge in [-0.05, 0) is 35.7 Å². The second-order valence-electron chi connectivity index (χ2n) is 6.74. The van der Waals surface area contributed by atoms with Crippen molar-refractivity contribution in [3.8, 4) is 5.75 Å². The van der Waals surface area contributed by atoms with E-state index < -0.39 is 10.8 Å². The van der Waals surface area contributed by atoms with Gasteiger partial charge in [0.25, 0.3) is 0 Å². The molecule has 0 unspecified atom stereocenters. The number of aryl methyl sites for hydroxylation is 1. The molecule has 0 radical (unpaired) electrons. The maximum Gasteiger partial charge on any atom is 0.227 e. The highest BCUT2D eigenvalue weighted by Crippen LogP contribution is 2.44. The third-order valence-corrected chi connectivity index (χ3v) is 5.15. The van der Waals surface area contributed by atoms with Gasteiger partial charge in [-0.3, -0.25) is 14.7 Å². The lowest BCUT2D eigenvalue weighted by Crippen LogP contribution is -2.37. The molecule has 1 amide bonds. The molecule has 0 atom stereocenters. The Kier molecular flexibility index (Phi) is 5.45. The van der Waals surface area contributed by atoms with Gasteiger partial charge in [-0.2, -0.15) is 0 Å². The van der Waals surface area contributed by atoms with Crippen LogP contribution in [0.25, 0.3) is 0 Å². The molecular weight excluding hydrogens is 404 g/mol. The van der Waals surface area contributed by atoms with Crippen molar-refractivity contribution in [1.82, 2.24) is 20.5 Å². The fraction of sp³-hybridized carbons (Fsp3) is 0.529. The zero-order valence-corrected chi connectivity index (χ0v) is 16.1. The quantitative estimate of drug-likeness (QED) is 0.677. The number of nitrogens with one attached hydrogen (secondary N) is 2. The topological polar surface area (TPSA) is 121 Å². The van der Waals surface area contributed by atoms with Gasteiger partial charge in [-0.15, -0.1) is 5.10 Å². The van der Waals surface area contributed by atoms with Crippen LogP contribution in [0.5, 0.6) is 5.75 Å². The summed E-state index contributed by atoms with van der Waals surface area (Å²) in [5, 5.41) is 19.7. The van der Waals surface area contributed by atoms with E-state index in [1.807, 2.05) is 0 Å². The van der Waals surface area contributed by atoms with Crippen molar-refractivity contribution in [2.24, 2.45) is 0 Å². The molecule has 3 N–H and O–H groups in total. The Morgan fingerprint density at radius 3 is 2.81 bits per heavy atom. The zero-order chi connectivity index (χ0) is 18.7. The monoisotopic (exact) mass is 424 g/mol. The summed E-state index contributed by atoms with van der Waals surface area (Å²) in [6, 6.07) is 1.26.